The normalized spacial score (nSPS) is 29.8. The van der Waals surface area contributed by atoms with E-state index in [1.165, 1.54) is 7.11 Å². The number of aliphatic hydroxyl groups excluding tert-OH is 1. The molecule has 0 saturated carbocycles. The summed E-state index contributed by atoms with van der Waals surface area (Å²) in [5, 5.41) is 10.4. The molecule has 3 nitrogen and oxygen atoms in total. The molecule has 2 atom stereocenters. The largest absolute Gasteiger partial charge is 0.468 e. The van der Waals surface area contributed by atoms with E-state index < -0.39 is 16.9 Å². The van der Waals surface area contributed by atoms with Gasteiger partial charge in [-0.15, -0.1) is 0 Å². The van der Waals surface area contributed by atoms with Gasteiger partial charge in [0, 0.05) is 5.41 Å². The van der Waals surface area contributed by atoms with Gasteiger partial charge in [0.25, 0.3) is 0 Å². The fraction of sp³-hybridized carbons (Fsp3) is 0.500. The van der Waals surface area contributed by atoms with Crippen LogP contribution in [0.5, 0.6) is 0 Å². The van der Waals surface area contributed by atoms with Crippen LogP contribution in [-0.4, -0.2) is 18.2 Å². The van der Waals surface area contributed by atoms with Crippen molar-refractivity contribution >= 4 is 5.97 Å². The van der Waals surface area contributed by atoms with Gasteiger partial charge in [-0.25, -0.2) is 0 Å². The third-order valence-corrected chi connectivity index (χ3v) is 4.36. The number of esters is 1. The van der Waals surface area contributed by atoms with Crippen LogP contribution in [0, 0.1) is 5.41 Å². The lowest BCUT2D eigenvalue weighted by Gasteiger charge is -2.37. The first-order valence-electron chi connectivity index (χ1n) is 5.73. The van der Waals surface area contributed by atoms with E-state index in [-0.39, 0.29) is 5.97 Å². The van der Waals surface area contributed by atoms with Crippen molar-refractivity contribution in [1.29, 1.82) is 0 Å². The van der Waals surface area contributed by atoms with E-state index in [1.807, 2.05) is 45.0 Å². The molecular formula is C14H18O3. The van der Waals surface area contributed by atoms with Gasteiger partial charge in [0.2, 0.25) is 0 Å². The molecular weight excluding hydrogens is 216 g/mol. The van der Waals surface area contributed by atoms with Crippen molar-refractivity contribution in [2.24, 2.45) is 5.41 Å². The smallest absolute Gasteiger partial charge is 0.316 e. The number of carbonyl (C=O) groups excluding carboxylic acids is 1. The lowest BCUT2D eigenvalue weighted by Crippen LogP contribution is -2.45. The fourth-order valence-corrected chi connectivity index (χ4v) is 2.78. The second-order valence-corrected chi connectivity index (χ2v) is 5.33. The Balaban J connectivity index is 2.70. The molecule has 0 heterocycles. The Morgan fingerprint density at radius 3 is 2.47 bits per heavy atom. The highest BCUT2D eigenvalue weighted by molar-refractivity contribution is 5.86. The Labute approximate surface area is 101 Å². The highest BCUT2D eigenvalue weighted by Crippen LogP contribution is 2.57. The predicted molar refractivity (Wildman–Crippen MR) is 64.6 cm³/mol. The molecule has 1 aliphatic carbocycles. The topological polar surface area (TPSA) is 46.5 Å². The highest BCUT2D eigenvalue weighted by atomic mass is 16.5. The van der Waals surface area contributed by atoms with Crippen molar-refractivity contribution in [2.75, 3.05) is 7.11 Å². The number of methoxy groups -OCH3 is 1. The summed E-state index contributed by atoms with van der Waals surface area (Å²) >= 11 is 0. The first kappa shape index (κ1) is 12.1. The Morgan fingerprint density at radius 2 is 1.88 bits per heavy atom. The monoisotopic (exact) mass is 234 g/mol. The molecule has 3 heteroatoms. The minimum Gasteiger partial charge on any atom is -0.468 e. The maximum Gasteiger partial charge on any atom is 0.316 e. The summed E-state index contributed by atoms with van der Waals surface area (Å²) in [6.07, 6.45) is -0.650. The number of ether oxygens (including phenoxy) is 1. The van der Waals surface area contributed by atoms with Crippen molar-refractivity contribution in [2.45, 2.75) is 32.3 Å². The van der Waals surface area contributed by atoms with Gasteiger partial charge in [-0.2, -0.15) is 0 Å². The van der Waals surface area contributed by atoms with E-state index in [1.54, 1.807) is 0 Å². The van der Waals surface area contributed by atoms with Crippen LogP contribution in [0.3, 0.4) is 0 Å². The van der Waals surface area contributed by atoms with E-state index in [0.717, 1.165) is 11.1 Å². The zero-order chi connectivity index (χ0) is 12.8. The summed E-state index contributed by atoms with van der Waals surface area (Å²) in [4.78, 5) is 12.1. The fourth-order valence-electron chi connectivity index (χ4n) is 2.78. The predicted octanol–water partition coefficient (Wildman–Crippen LogP) is 2.19. The molecule has 17 heavy (non-hydrogen) atoms. The molecule has 0 saturated heterocycles. The summed E-state index contributed by atoms with van der Waals surface area (Å²) in [6.45, 7) is 5.64. The molecule has 0 aromatic heterocycles. The molecule has 0 amide bonds. The maximum atomic E-state index is 12.1. The number of hydrogen-bond acceptors (Lipinski definition) is 3. The maximum absolute atomic E-state index is 12.1. The molecule has 1 aromatic carbocycles. The van der Waals surface area contributed by atoms with E-state index in [4.69, 9.17) is 4.74 Å². The average molecular weight is 234 g/mol. The minimum absolute atomic E-state index is 0.300. The van der Waals surface area contributed by atoms with Crippen molar-refractivity contribution < 1.29 is 14.6 Å². The zero-order valence-corrected chi connectivity index (χ0v) is 10.7. The van der Waals surface area contributed by atoms with Crippen LogP contribution in [0.4, 0.5) is 0 Å². The molecule has 92 valence electrons. The van der Waals surface area contributed by atoms with Gasteiger partial charge >= 0.3 is 5.97 Å². The highest BCUT2D eigenvalue weighted by Gasteiger charge is 2.59. The zero-order valence-electron chi connectivity index (χ0n) is 10.7. The van der Waals surface area contributed by atoms with Crippen LogP contribution in [-0.2, 0) is 14.9 Å². The number of rotatable bonds is 1. The number of carbonyl (C=O) groups is 1. The summed E-state index contributed by atoms with van der Waals surface area (Å²) in [5.74, 6) is -0.300. The van der Waals surface area contributed by atoms with Crippen LogP contribution >= 0.6 is 0 Å². The lowest BCUT2D eigenvalue weighted by molar-refractivity contribution is -0.154. The van der Waals surface area contributed by atoms with Crippen LogP contribution in [0.1, 0.15) is 38.0 Å². The van der Waals surface area contributed by atoms with Gasteiger partial charge in [-0.3, -0.25) is 4.79 Å². The van der Waals surface area contributed by atoms with Gasteiger partial charge < -0.3 is 9.84 Å². The molecule has 0 aliphatic heterocycles. The first-order chi connectivity index (χ1) is 7.87. The van der Waals surface area contributed by atoms with Crippen molar-refractivity contribution in [3.63, 3.8) is 0 Å². The Bertz CT molecular complexity index is 464. The molecule has 0 fully saturated rings. The van der Waals surface area contributed by atoms with Gasteiger partial charge in [0.1, 0.15) is 0 Å². The summed E-state index contributed by atoms with van der Waals surface area (Å²) in [6, 6.07) is 7.52. The first-order valence-corrected chi connectivity index (χ1v) is 5.73. The van der Waals surface area contributed by atoms with Crippen LogP contribution in [0.15, 0.2) is 24.3 Å². The molecule has 0 unspecified atom stereocenters. The summed E-state index contributed by atoms with van der Waals surface area (Å²) < 4.78 is 4.93. The molecule has 0 radical (unpaired) electrons. The van der Waals surface area contributed by atoms with Crippen LogP contribution < -0.4 is 0 Å². The summed E-state index contributed by atoms with van der Waals surface area (Å²) in [5.41, 5.74) is 0.302. The Hall–Kier alpha value is -1.35. The average Bonchev–Trinajstić information content (AvgIpc) is 2.49. The minimum atomic E-state index is -0.808. The molecule has 1 aromatic rings. The van der Waals surface area contributed by atoms with Gasteiger partial charge in [0.15, 0.2) is 0 Å². The third-order valence-electron chi connectivity index (χ3n) is 4.36. The molecule has 2 rings (SSSR count). The third kappa shape index (κ3) is 1.29. The van der Waals surface area contributed by atoms with Crippen LogP contribution in [0.2, 0.25) is 0 Å². The lowest BCUT2D eigenvalue weighted by atomic mass is 9.66. The van der Waals surface area contributed by atoms with Crippen molar-refractivity contribution in [1.82, 2.24) is 0 Å². The Kier molecular flexibility index (Phi) is 2.54. The SMILES string of the molecule is COC(=O)[C@]1(C)c2ccccc2[C@H](O)C1(C)C. The molecule has 0 spiro atoms. The molecule has 1 N–H and O–H groups in total. The van der Waals surface area contributed by atoms with Gasteiger partial charge in [-0.1, -0.05) is 38.1 Å². The van der Waals surface area contributed by atoms with E-state index in [9.17, 15) is 9.90 Å². The number of fused-ring (bicyclic) bond motifs is 1. The second-order valence-electron chi connectivity index (χ2n) is 5.33. The van der Waals surface area contributed by atoms with Crippen molar-refractivity contribution in [3.05, 3.63) is 35.4 Å². The van der Waals surface area contributed by atoms with Gasteiger partial charge in [-0.05, 0) is 18.1 Å². The van der Waals surface area contributed by atoms with Gasteiger partial charge in [0.05, 0.1) is 18.6 Å². The summed E-state index contributed by atoms with van der Waals surface area (Å²) in [7, 11) is 1.39. The van der Waals surface area contributed by atoms with E-state index in [2.05, 4.69) is 0 Å². The van der Waals surface area contributed by atoms with E-state index >= 15 is 0 Å². The van der Waals surface area contributed by atoms with E-state index in [0.29, 0.717) is 0 Å². The molecule has 0 bridgehead atoms. The number of aliphatic hydroxyl groups is 1. The number of hydrogen-bond donors (Lipinski definition) is 1. The number of benzene rings is 1. The standard InChI is InChI=1S/C14H18O3/c1-13(2)11(15)9-7-5-6-8-10(9)14(13,3)12(16)17-4/h5-8,11,15H,1-4H3/t11-,14-/m0/s1. The second kappa shape index (κ2) is 3.57. The Morgan fingerprint density at radius 1 is 1.29 bits per heavy atom. The van der Waals surface area contributed by atoms with Crippen LogP contribution in [0.25, 0.3) is 0 Å². The quantitative estimate of drug-likeness (QED) is 0.758. The van der Waals surface area contributed by atoms with Crippen molar-refractivity contribution in [3.8, 4) is 0 Å². The molecule has 1 aliphatic rings.